The smallest absolute Gasteiger partial charge is 0.119 e. The average Bonchev–Trinajstić information content (AvgIpc) is 2.31. The Morgan fingerprint density at radius 2 is 2.06 bits per heavy atom. The van der Waals surface area contributed by atoms with Gasteiger partial charge in [-0.3, -0.25) is 0 Å². The van der Waals surface area contributed by atoms with Gasteiger partial charge in [0.05, 0.1) is 0 Å². The second-order valence-electron chi connectivity index (χ2n) is 4.77. The van der Waals surface area contributed by atoms with E-state index in [-0.39, 0.29) is 0 Å². The summed E-state index contributed by atoms with van der Waals surface area (Å²) < 4.78 is 0. The minimum atomic E-state index is 0.426. The van der Waals surface area contributed by atoms with Gasteiger partial charge in [0.15, 0.2) is 0 Å². The number of hydrogen-bond donors (Lipinski definition) is 1. The van der Waals surface area contributed by atoms with Crippen molar-refractivity contribution < 1.29 is 5.11 Å². The Labute approximate surface area is 105 Å². The number of aromatic hydroxyl groups is 1. The van der Waals surface area contributed by atoms with Crippen LogP contribution in [-0.4, -0.2) is 5.11 Å². The Morgan fingerprint density at radius 3 is 2.59 bits per heavy atom. The Hall–Kier alpha value is -1.24. The molecule has 0 saturated carbocycles. The van der Waals surface area contributed by atoms with Crippen LogP contribution in [0, 0.1) is 12.8 Å². The zero-order valence-corrected chi connectivity index (χ0v) is 11.3. The molecule has 0 aromatic heterocycles. The van der Waals surface area contributed by atoms with E-state index in [1.807, 2.05) is 6.07 Å². The summed E-state index contributed by atoms with van der Waals surface area (Å²) in [4.78, 5) is 0. The molecule has 1 aromatic carbocycles. The minimum Gasteiger partial charge on any atom is -0.508 e. The molecule has 0 aliphatic carbocycles. The molecule has 0 aliphatic heterocycles. The maximum atomic E-state index is 9.93. The third-order valence-electron chi connectivity index (χ3n) is 3.50. The van der Waals surface area contributed by atoms with Crippen molar-refractivity contribution in [1.82, 2.24) is 0 Å². The van der Waals surface area contributed by atoms with Gasteiger partial charge in [-0.05, 0) is 49.3 Å². The molecule has 1 N–H and O–H groups in total. The number of hydrogen-bond acceptors (Lipinski definition) is 1. The number of benzene rings is 1. The van der Waals surface area contributed by atoms with Crippen LogP contribution in [0.1, 0.15) is 44.2 Å². The van der Waals surface area contributed by atoms with E-state index in [1.165, 1.54) is 11.1 Å². The van der Waals surface area contributed by atoms with E-state index in [1.54, 1.807) is 6.07 Å². The second-order valence-corrected chi connectivity index (χ2v) is 4.77. The van der Waals surface area contributed by atoms with Gasteiger partial charge in [-0.1, -0.05) is 44.6 Å². The Kier molecular flexibility index (Phi) is 5.27. The highest BCUT2D eigenvalue weighted by atomic mass is 16.3. The van der Waals surface area contributed by atoms with Crippen LogP contribution >= 0.6 is 0 Å². The van der Waals surface area contributed by atoms with Crippen molar-refractivity contribution in [3.05, 3.63) is 41.5 Å². The lowest BCUT2D eigenvalue weighted by molar-refractivity contribution is 0.455. The van der Waals surface area contributed by atoms with Crippen LogP contribution in [0.5, 0.6) is 5.75 Å². The number of phenolic OH excluding ortho intramolecular Hbond substituents is 1. The normalized spacial score (nSPS) is 12.4. The second kappa shape index (κ2) is 6.48. The van der Waals surface area contributed by atoms with Crippen LogP contribution in [0.4, 0.5) is 0 Å². The van der Waals surface area contributed by atoms with Crippen LogP contribution in [-0.2, 0) is 6.42 Å². The molecule has 0 radical (unpaired) electrons. The molecule has 1 aromatic rings. The number of phenols is 1. The highest BCUT2D eigenvalue weighted by Gasteiger charge is 2.15. The Morgan fingerprint density at radius 1 is 1.35 bits per heavy atom. The molecule has 1 nitrogen and oxygen atoms in total. The third kappa shape index (κ3) is 3.62. The van der Waals surface area contributed by atoms with E-state index >= 15 is 0 Å². The summed E-state index contributed by atoms with van der Waals surface area (Å²) in [5.74, 6) is 0.923. The first-order valence-electron chi connectivity index (χ1n) is 6.55. The molecule has 0 fully saturated rings. The number of aryl methyl sites for hydroxylation is 1. The molecule has 1 heteroatoms. The van der Waals surface area contributed by atoms with Crippen molar-refractivity contribution in [2.75, 3.05) is 0 Å². The van der Waals surface area contributed by atoms with Crippen molar-refractivity contribution in [2.24, 2.45) is 5.92 Å². The van der Waals surface area contributed by atoms with Crippen LogP contribution in [0.3, 0.4) is 0 Å². The first kappa shape index (κ1) is 13.8. The van der Waals surface area contributed by atoms with E-state index in [9.17, 15) is 5.11 Å². The summed E-state index contributed by atoms with van der Waals surface area (Å²) in [7, 11) is 0. The van der Waals surface area contributed by atoms with Crippen molar-refractivity contribution in [2.45, 2.75) is 46.5 Å². The van der Waals surface area contributed by atoms with Gasteiger partial charge in [0.2, 0.25) is 0 Å². The van der Waals surface area contributed by atoms with Gasteiger partial charge in [-0.2, -0.15) is 0 Å². The molecule has 0 amide bonds. The average molecular weight is 232 g/mol. The topological polar surface area (TPSA) is 20.2 Å². The van der Waals surface area contributed by atoms with E-state index in [2.05, 4.69) is 33.4 Å². The quantitative estimate of drug-likeness (QED) is 0.709. The maximum absolute atomic E-state index is 9.93. The van der Waals surface area contributed by atoms with Crippen LogP contribution in [0.2, 0.25) is 0 Å². The van der Waals surface area contributed by atoms with Gasteiger partial charge in [-0.25, -0.2) is 0 Å². The van der Waals surface area contributed by atoms with Crippen LogP contribution in [0.15, 0.2) is 30.4 Å². The SMILES string of the molecule is C=C(CC)C(CCC)Cc1c(C)cccc1O. The van der Waals surface area contributed by atoms with Crippen LogP contribution < -0.4 is 0 Å². The van der Waals surface area contributed by atoms with Gasteiger partial charge < -0.3 is 5.11 Å². The molecule has 0 heterocycles. The number of rotatable bonds is 6. The summed E-state index contributed by atoms with van der Waals surface area (Å²) in [5.41, 5.74) is 3.56. The monoisotopic (exact) mass is 232 g/mol. The van der Waals surface area contributed by atoms with E-state index in [0.29, 0.717) is 11.7 Å². The maximum Gasteiger partial charge on any atom is 0.119 e. The summed E-state index contributed by atoms with van der Waals surface area (Å²) in [6.07, 6.45) is 4.26. The fourth-order valence-electron chi connectivity index (χ4n) is 2.29. The van der Waals surface area contributed by atoms with Gasteiger partial charge >= 0.3 is 0 Å². The van der Waals surface area contributed by atoms with Crippen molar-refractivity contribution in [3.8, 4) is 5.75 Å². The summed E-state index contributed by atoms with van der Waals surface area (Å²) in [6.45, 7) is 10.6. The first-order chi connectivity index (χ1) is 8.10. The van der Waals surface area contributed by atoms with E-state index in [0.717, 1.165) is 31.2 Å². The lowest BCUT2D eigenvalue weighted by Crippen LogP contribution is -2.08. The van der Waals surface area contributed by atoms with Crippen LogP contribution in [0.25, 0.3) is 0 Å². The summed E-state index contributed by atoms with van der Waals surface area (Å²) in [6, 6.07) is 5.74. The predicted octanol–water partition coefficient (Wildman–Crippen LogP) is 4.63. The molecule has 1 atom stereocenters. The lowest BCUT2D eigenvalue weighted by Gasteiger charge is -2.20. The fourth-order valence-corrected chi connectivity index (χ4v) is 2.29. The molecular formula is C16H24O. The zero-order chi connectivity index (χ0) is 12.8. The van der Waals surface area contributed by atoms with Crippen molar-refractivity contribution in [1.29, 1.82) is 0 Å². The lowest BCUT2D eigenvalue weighted by atomic mass is 9.86. The zero-order valence-electron chi connectivity index (χ0n) is 11.3. The minimum absolute atomic E-state index is 0.426. The molecule has 0 saturated heterocycles. The first-order valence-corrected chi connectivity index (χ1v) is 6.55. The van der Waals surface area contributed by atoms with Gasteiger partial charge in [-0.15, -0.1) is 0 Å². The number of allylic oxidation sites excluding steroid dienone is 1. The van der Waals surface area contributed by atoms with Crippen molar-refractivity contribution >= 4 is 0 Å². The van der Waals surface area contributed by atoms with E-state index < -0.39 is 0 Å². The highest BCUT2D eigenvalue weighted by molar-refractivity contribution is 5.39. The molecular weight excluding hydrogens is 208 g/mol. The van der Waals surface area contributed by atoms with E-state index in [4.69, 9.17) is 0 Å². The molecule has 94 valence electrons. The Balaban J connectivity index is 2.89. The summed E-state index contributed by atoms with van der Waals surface area (Å²) >= 11 is 0. The third-order valence-corrected chi connectivity index (χ3v) is 3.50. The Bertz CT molecular complexity index is 359. The molecule has 0 spiro atoms. The molecule has 0 aliphatic rings. The standard InChI is InChI=1S/C16H24O/c1-5-8-14(12(3)6-2)11-15-13(4)9-7-10-16(15)17/h7,9-10,14,17H,3,5-6,8,11H2,1-2,4H3. The molecule has 0 bridgehead atoms. The van der Waals surface area contributed by atoms with Gasteiger partial charge in [0.1, 0.15) is 5.75 Å². The molecule has 1 unspecified atom stereocenters. The molecule has 1 rings (SSSR count). The van der Waals surface area contributed by atoms with Gasteiger partial charge in [0.25, 0.3) is 0 Å². The largest absolute Gasteiger partial charge is 0.508 e. The van der Waals surface area contributed by atoms with Crippen molar-refractivity contribution in [3.63, 3.8) is 0 Å². The van der Waals surface area contributed by atoms with Gasteiger partial charge in [0, 0.05) is 0 Å². The fraction of sp³-hybridized carbons (Fsp3) is 0.500. The summed E-state index contributed by atoms with van der Waals surface area (Å²) in [5, 5.41) is 9.93. The molecule has 17 heavy (non-hydrogen) atoms. The predicted molar refractivity (Wildman–Crippen MR) is 74.4 cm³/mol. The highest BCUT2D eigenvalue weighted by Crippen LogP contribution is 2.29.